The summed E-state index contributed by atoms with van der Waals surface area (Å²) in [5, 5.41) is 2.99. The Morgan fingerprint density at radius 2 is 2.07 bits per heavy atom. The average Bonchev–Trinajstić information content (AvgIpc) is 2.99. The molecule has 146 valence electrons. The van der Waals surface area contributed by atoms with Crippen LogP contribution in [0.4, 0.5) is 18.9 Å². The fourth-order valence-electron chi connectivity index (χ4n) is 2.97. The van der Waals surface area contributed by atoms with Crippen molar-refractivity contribution in [3.05, 3.63) is 59.7 Å². The van der Waals surface area contributed by atoms with Crippen LogP contribution in [0.25, 0.3) is 0 Å². The highest BCUT2D eigenvalue weighted by molar-refractivity contribution is 6.01. The molecule has 0 aliphatic carbocycles. The van der Waals surface area contributed by atoms with Gasteiger partial charge in [0.15, 0.2) is 0 Å². The van der Waals surface area contributed by atoms with Gasteiger partial charge in [0.1, 0.15) is 11.8 Å². The Kier molecular flexibility index (Phi) is 6.49. The van der Waals surface area contributed by atoms with Gasteiger partial charge in [0.2, 0.25) is 5.91 Å². The Balaban J connectivity index is 2.30. The molecule has 0 bridgehead atoms. The molecule has 1 amide bonds. The van der Waals surface area contributed by atoms with Crippen LogP contribution in [-0.2, 0) is 11.2 Å². The second kappa shape index (κ2) is 8.43. The van der Waals surface area contributed by atoms with Crippen LogP contribution in [0.1, 0.15) is 19.4 Å². The first-order valence-corrected chi connectivity index (χ1v) is 8.53. The van der Waals surface area contributed by atoms with Crippen molar-refractivity contribution < 1.29 is 22.7 Å². The number of anilines is 1. The number of benzene rings is 1. The van der Waals surface area contributed by atoms with Crippen molar-refractivity contribution >= 4 is 11.6 Å². The molecule has 1 aromatic carbocycles. The van der Waals surface area contributed by atoms with Gasteiger partial charge < -0.3 is 15.0 Å². The number of carbonyl (C=O) groups excluding carboxylic acids is 1. The van der Waals surface area contributed by atoms with Crippen molar-refractivity contribution in [3.8, 4) is 5.75 Å². The van der Waals surface area contributed by atoms with Crippen LogP contribution < -0.4 is 15.0 Å². The molecule has 1 atom stereocenters. The fourth-order valence-corrected chi connectivity index (χ4v) is 2.97. The zero-order valence-corrected chi connectivity index (χ0v) is 15.6. The highest BCUT2D eigenvalue weighted by atomic mass is 19.4. The summed E-state index contributed by atoms with van der Waals surface area (Å²) < 4.78 is 41.5. The van der Waals surface area contributed by atoms with E-state index in [1.807, 2.05) is 26.0 Å². The van der Waals surface area contributed by atoms with Gasteiger partial charge in [-0.25, -0.2) is 0 Å². The molecule has 1 heterocycles. The molecule has 1 aliphatic rings. The lowest BCUT2D eigenvalue weighted by Crippen LogP contribution is -2.45. The van der Waals surface area contributed by atoms with Crippen LogP contribution in [0.5, 0.6) is 5.75 Å². The van der Waals surface area contributed by atoms with Crippen molar-refractivity contribution in [2.24, 2.45) is 0 Å². The number of alkyl halides is 3. The number of hydrogen-bond donors (Lipinski definition) is 1. The molecule has 0 aromatic heterocycles. The van der Waals surface area contributed by atoms with Crippen LogP contribution in [-0.4, -0.2) is 31.9 Å². The summed E-state index contributed by atoms with van der Waals surface area (Å²) >= 11 is 0. The third-order valence-electron chi connectivity index (χ3n) is 4.21. The number of fused-ring (bicyclic) bond motifs is 1. The molecule has 1 aliphatic heterocycles. The third-order valence-corrected chi connectivity index (χ3v) is 4.21. The number of halogens is 3. The van der Waals surface area contributed by atoms with E-state index in [4.69, 9.17) is 0 Å². The first-order chi connectivity index (χ1) is 12.7. The Morgan fingerprint density at radius 3 is 2.63 bits per heavy atom. The van der Waals surface area contributed by atoms with Gasteiger partial charge >= 0.3 is 6.36 Å². The number of nitrogens with one attached hydrogen (secondary N) is 1. The number of nitrogens with zero attached hydrogens (tertiary/aromatic N) is 1. The van der Waals surface area contributed by atoms with Crippen LogP contribution >= 0.6 is 0 Å². The molecule has 0 spiro atoms. The number of allylic oxidation sites excluding steroid dienone is 3. The maximum atomic E-state index is 13.1. The molecule has 7 heteroatoms. The van der Waals surface area contributed by atoms with Crippen LogP contribution in [0.15, 0.2) is 54.2 Å². The summed E-state index contributed by atoms with van der Waals surface area (Å²) in [5.41, 5.74) is 2.85. The predicted octanol–water partition coefficient (Wildman–Crippen LogP) is 4.14. The van der Waals surface area contributed by atoms with E-state index in [9.17, 15) is 18.0 Å². The Labute approximate surface area is 157 Å². The molecule has 1 aromatic rings. The van der Waals surface area contributed by atoms with Crippen molar-refractivity contribution in [2.75, 3.05) is 18.5 Å². The molecule has 2 rings (SSSR count). The number of likely N-dealkylation sites (N-methyl/N-ethyl adjacent to an activating group) is 1. The van der Waals surface area contributed by atoms with Crippen LogP contribution in [0, 0.1) is 0 Å². The number of rotatable bonds is 6. The highest BCUT2D eigenvalue weighted by Gasteiger charge is 2.34. The quantitative estimate of drug-likeness (QED) is 0.754. The highest BCUT2D eigenvalue weighted by Crippen LogP contribution is 2.34. The van der Waals surface area contributed by atoms with Crippen molar-refractivity contribution in [3.63, 3.8) is 0 Å². The maximum Gasteiger partial charge on any atom is 0.573 e. The van der Waals surface area contributed by atoms with E-state index in [0.29, 0.717) is 18.7 Å². The van der Waals surface area contributed by atoms with Gasteiger partial charge in [-0.15, -0.1) is 13.2 Å². The molecular formula is C20H23F3N2O2. The lowest BCUT2D eigenvalue weighted by molar-refractivity contribution is -0.274. The summed E-state index contributed by atoms with van der Waals surface area (Å²) in [5.74, 6) is -0.574. The van der Waals surface area contributed by atoms with Gasteiger partial charge in [0, 0.05) is 12.6 Å². The number of amides is 1. The molecule has 0 saturated carbocycles. The minimum atomic E-state index is -4.78. The lowest BCUT2D eigenvalue weighted by atomic mass is 10.0. The average molecular weight is 380 g/mol. The second-order valence-electron chi connectivity index (χ2n) is 6.27. The summed E-state index contributed by atoms with van der Waals surface area (Å²) in [4.78, 5) is 14.6. The Bertz CT molecular complexity index is 782. The SMILES string of the molecule is C=C(C)/C=C\C(=C/C)C(NC)C(=O)N1CCc2ccc(OC(F)(F)F)cc21. The van der Waals surface area contributed by atoms with Gasteiger partial charge in [0.05, 0.1) is 5.69 Å². The molecule has 27 heavy (non-hydrogen) atoms. The molecule has 1 unspecified atom stereocenters. The van der Waals surface area contributed by atoms with Gasteiger partial charge in [-0.05, 0) is 44.5 Å². The maximum absolute atomic E-state index is 13.1. The summed E-state index contributed by atoms with van der Waals surface area (Å²) in [7, 11) is 1.67. The largest absolute Gasteiger partial charge is 0.573 e. The first kappa shape index (κ1) is 20.8. The summed E-state index contributed by atoms with van der Waals surface area (Å²) in [6, 6.07) is 3.47. The number of hydrogen-bond acceptors (Lipinski definition) is 3. The van der Waals surface area contributed by atoms with Gasteiger partial charge in [0.25, 0.3) is 0 Å². The smallest absolute Gasteiger partial charge is 0.406 e. The molecule has 0 fully saturated rings. The van der Waals surface area contributed by atoms with E-state index in [1.165, 1.54) is 17.0 Å². The van der Waals surface area contributed by atoms with E-state index < -0.39 is 12.4 Å². The van der Waals surface area contributed by atoms with E-state index >= 15 is 0 Å². The topological polar surface area (TPSA) is 41.6 Å². The summed E-state index contributed by atoms with van der Waals surface area (Å²) in [6.07, 6.45) is 1.23. The zero-order chi connectivity index (χ0) is 20.2. The Morgan fingerprint density at radius 1 is 1.37 bits per heavy atom. The van der Waals surface area contributed by atoms with Crippen LogP contribution in [0.3, 0.4) is 0 Å². The minimum Gasteiger partial charge on any atom is -0.406 e. The molecule has 1 N–H and O–H groups in total. The van der Waals surface area contributed by atoms with E-state index in [-0.39, 0.29) is 11.7 Å². The van der Waals surface area contributed by atoms with Gasteiger partial charge in [-0.2, -0.15) is 0 Å². The second-order valence-corrected chi connectivity index (χ2v) is 6.27. The predicted molar refractivity (Wildman–Crippen MR) is 99.7 cm³/mol. The first-order valence-electron chi connectivity index (χ1n) is 8.53. The third kappa shape index (κ3) is 5.23. The van der Waals surface area contributed by atoms with E-state index in [0.717, 1.165) is 16.7 Å². The fraction of sp³-hybridized carbons (Fsp3) is 0.350. The minimum absolute atomic E-state index is 0.236. The van der Waals surface area contributed by atoms with Gasteiger partial charge in [-0.1, -0.05) is 36.4 Å². The van der Waals surface area contributed by atoms with E-state index in [2.05, 4.69) is 16.6 Å². The van der Waals surface area contributed by atoms with Crippen molar-refractivity contribution in [2.45, 2.75) is 32.7 Å². The van der Waals surface area contributed by atoms with Crippen molar-refractivity contribution in [1.29, 1.82) is 0 Å². The molecule has 0 radical (unpaired) electrons. The molecule has 4 nitrogen and oxygen atoms in total. The normalized spacial score (nSPS) is 15.8. The molecular weight excluding hydrogens is 357 g/mol. The standard InChI is InChI=1S/C20H23F3N2O2/c1-5-14(7-6-13(2)3)18(24-4)19(26)25-11-10-15-8-9-16(12-17(15)25)27-20(21,22)23/h5-9,12,18,24H,2,10-11H2,1,3-4H3/b7-6-,14-5+. The Hall–Kier alpha value is -2.54. The van der Waals surface area contributed by atoms with Crippen molar-refractivity contribution in [1.82, 2.24) is 5.32 Å². The van der Waals surface area contributed by atoms with E-state index in [1.54, 1.807) is 19.2 Å². The molecule has 0 saturated heterocycles. The summed E-state index contributed by atoms with van der Waals surface area (Å²) in [6.45, 7) is 7.88. The number of carbonyl (C=O) groups is 1. The van der Waals surface area contributed by atoms with Crippen LogP contribution in [0.2, 0.25) is 0 Å². The monoisotopic (exact) mass is 380 g/mol. The number of ether oxygens (including phenoxy) is 1. The van der Waals surface area contributed by atoms with Gasteiger partial charge in [-0.3, -0.25) is 4.79 Å². The zero-order valence-electron chi connectivity index (χ0n) is 15.6. The lowest BCUT2D eigenvalue weighted by Gasteiger charge is -2.25.